The molecule has 1 aromatic heterocycles. The van der Waals surface area contributed by atoms with E-state index in [-0.39, 0.29) is 12.1 Å². The highest BCUT2D eigenvalue weighted by atomic mass is 19.4. The zero-order valence-corrected chi connectivity index (χ0v) is 23.1. The standard InChI is InChI=1S/C29H24F7N5O3/c1-15-5-3-6-16(23(15)30)13-40-26(44)22(24(42)27(2)9-4-10-41(27)40)25(43)39-19-8-7-17(28(31,32)33)11-18(19)20-12-21(29(34,35)36)38-14-37-20/h3,5-8,11-12,14,42H,4,9-10,13H2,1-2H3,(H,39,43)/t27-/m1/s1. The predicted octanol–water partition coefficient (Wildman–Crippen LogP) is 6.19. The number of hydrogen-bond acceptors (Lipinski definition) is 6. The van der Waals surface area contributed by atoms with Crippen LogP contribution in [0.2, 0.25) is 0 Å². The second-order valence-electron chi connectivity index (χ2n) is 10.6. The SMILES string of the molecule is Cc1cccc(CN2C(=O)C(C(=O)Nc3ccc(C(F)(F)F)cc3-c3cc(C(F)(F)F)ncn3)=C(O)[C@@]3(C)CCCN23)c1F. The molecule has 2 N–H and O–H groups in total. The Bertz CT molecular complexity index is 1690. The molecule has 0 unspecified atom stereocenters. The summed E-state index contributed by atoms with van der Waals surface area (Å²) in [7, 11) is 0. The van der Waals surface area contributed by atoms with Gasteiger partial charge in [-0.3, -0.25) is 14.6 Å². The first-order chi connectivity index (χ1) is 20.5. The molecule has 3 aromatic rings. The van der Waals surface area contributed by atoms with Crippen LogP contribution in [-0.2, 0) is 28.5 Å². The van der Waals surface area contributed by atoms with Gasteiger partial charge in [0.15, 0.2) is 0 Å². The molecule has 0 aliphatic carbocycles. The average molecular weight is 624 g/mol. The molecule has 2 aromatic carbocycles. The number of rotatable bonds is 5. The van der Waals surface area contributed by atoms with E-state index >= 15 is 0 Å². The minimum atomic E-state index is -4.95. The fraction of sp³-hybridized carbons (Fsp3) is 0.310. The number of aryl methyl sites for hydroxylation is 1. The molecule has 0 radical (unpaired) electrons. The smallest absolute Gasteiger partial charge is 0.433 e. The van der Waals surface area contributed by atoms with Gasteiger partial charge in [-0.2, -0.15) is 26.3 Å². The number of hydrogen-bond donors (Lipinski definition) is 2. The number of anilines is 1. The van der Waals surface area contributed by atoms with E-state index in [2.05, 4.69) is 15.3 Å². The van der Waals surface area contributed by atoms with Crippen molar-refractivity contribution in [3.8, 4) is 11.3 Å². The molecule has 0 bridgehead atoms. The van der Waals surface area contributed by atoms with Crippen LogP contribution in [-0.4, -0.2) is 49.0 Å². The van der Waals surface area contributed by atoms with E-state index in [9.17, 15) is 45.4 Å². The highest BCUT2D eigenvalue weighted by molar-refractivity contribution is 6.24. The van der Waals surface area contributed by atoms with Crippen LogP contribution in [0.1, 0.15) is 42.1 Å². The molecule has 8 nitrogen and oxygen atoms in total. The first-order valence-electron chi connectivity index (χ1n) is 13.2. The highest BCUT2D eigenvalue weighted by Gasteiger charge is 2.52. The van der Waals surface area contributed by atoms with E-state index in [0.717, 1.165) is 11.1 Å². The summed E-state index contributed by atoms with van der Waals surface area (Å²) in [6, 6.07) is 6.92. The lowest BCUT2D eigenvalue weighted by Crippen LogP contribution is -2.60. The van der Waals surface area contributed by atoms with Crippen molar-refractivity contribution in [2.75, 3.05) is 11.9 Å². The molecule has 1 saturated heterocycles. The number of fused-ring (bicyclic) bond motifs is 1. The fourth-order valence-corrected chi connectivity index (χ4v) is 5.43. The van der Waals surface area contributed by atoms with Crippen LogP contribution in [0.3, 0.4) is 0 Å². The van der Waals surface area contributed by atoms with Crippen molar-refractivity contribution in [1.82, 2.24) is 20.0 Å². The number of aliphatic hydroxyl groups is 1. The molecule has 2 aliphatic heterocycles. The van der Waals surface area contributed by atoms with Gasteiger partial charge in [-0.25, -0.2) is 19.4 Å². The van der Waals surface area contributed by atoms with Crippen molar-refractivity contribution in [2.24, 2.45) is 0 Å². The van der Waals surface area contributed by atoms with Crippen molar-refractivity contribution in [1.29, 1.82) is 0 Å². The molecular formula is C29H24F7N5O3. The van der Waals surface area contributed by atoms with Gasteiger partial charge in [0.25, 0.3) is 11.8 Å². The molecule has 44 heavy (non-hydrogen) atoms. The molecule has 232 valence electrons. The number of aliphatic hydroxyl groups excluding tert-OH is 1. The van der Waals surface area contributed by atoms with Crippen LogP contribution in [0, 0.1) is 12.7 Å². The molecule has 0 spiro atoms. The quantitative estimate of drug-likeness (QED) is 0.260. The first kappa shape index (κ1) is 30.9. The van der Waals surface area contributed by atoms with Gasteiger partial charge in [0.1, 0.15) is 29.2 Å². The minimum absolute atomic E-state index is 0.142. The van der Waals surface area contributed by atoms with Gasteiger partial charge >= 0.3 is 12.4 Å². The van der Waals surface area contributed by atoms with E-state index in [1.165, 1.54) is 11.1 Å². The molecule has 1 fully saturated rings. The summed E-state index contributed by atoms with van der Waals surface area (Å²) in [6.45, 7) is 3.13. The largest absolute Gasteiger partial charge is 0.509 e. The second kappa shape index (κ2) is 10.9. The third kappa shape index (κ3) is 5.47. The summed E-state index contributed by atoms with van der Waals surface area (Å²) in [4.78, 5) is 34.2. The van der Waals surface area contributed by atoms with E-state index in [4.69, 9.17) is 0 Å². The lowest BCUT2D eigenvalue weighted by atomic mass is 9.90. The van der Waals surface area contributed by atoms with Crippen LogP contribution in [0.5, 0.6) is 0 Å². The van der Waals surface area contributed by atoms with Gasteiger partial charge < -0.3 is 10.4 Å². The van der Waals surface area contributed by atoms with E-state index in [1.807, 2.05) is 0 Å². The highest BCUT2D eigenvalue weighted by Crippen LogP contribution is 2.43. The number of alkyl halides is 6. The summed E-state index contributed by atoms with van der Waals surface area (Å²) < 4.78 is 95.6. The number of benzene rings is 2. The van der Waals surface area contributed by atoms with Crippen molar-refractivity contribution in [2.45, 2.75) is 51.1 Å². The molecular weight excluding hydrogens is 599 g/mol. The van der Waals surface area contributed by atoms with Crippen LogP contribution in [0.4, 0.5) is 36.4 Å². The Hall–Kier alpha value is -4.53. The average Bonchev–Trinajstić information content (AvgIpc) is 3.35. The topological polar surface area (TPSA) is 98.7 Å². The summed E-state index contributed by atoms with van der Waals surface area (Å²) in [5, 5.41) is 16.2. The molecule has 1 atom stereocenters. The lowest BCUT2D eigenvalue weighted by molar-refractivity contribution is -0.160. The second-order valence-corrected chi connectivity index (χ2v) is 10.6. The number of nitrogens with one attached hydrogen (secondary N) is 1. The van der Waals surface area contributed by atoms with Gasteiger partial charge in [-0.1, -0.05) is 18.2 Å². The Balaban J connectivity index is 1.57. The Morgan fingerprint density at radius 3 is 2.48 bits per heavy atom. The van der Waals surface area contributed by atoms with E-state index in [0.29, 0.717) is 49.5 Å². The molecule has 3 heterocycles. The summed E-state index contributed by atoms with van der Waals surface area (Å²) in [6.07, 6.45) is -8.52. The molecule has 2 amide bonds. The maximum absolute atomic E-state index is 14.9. The number of hydrazine groups is 1. The summed E-state index contributed by atoms with van der Waals surface area (Å²) in [5.74, 6) is -3.41. The lowest BCUT2D eigenvalue weighted by Gasteiger charge is -2.46. The number of halogens is 7. The van der Waals surface area contributed by atoms with Crippen LogP contribution >= 0.6 is 0 Å². The number of nitrogens with zero attached hydrogens (tertiary/aromatic N) is 4. The van der Waals surface area contributed by atoms with Crippen LogP contribution in [0.25, 0.3) is 11.3 Å². The molecule has 15 heteroatoms. The van der Waals surface area contributed by atoms with Crippen molar-refractivity contribution >= 4 is 17.5 Å². The zero-order valence-electron chi connectivity index (χ0n) is 23.1. The minimum Gasteiger partial charge on any atom is -0.509 e. The molecule has 2 aliphatic rings. The van der Waals surface area contributed by atoms with Gasteiger partial charge in [0.05, 0.1) is 29.0 Å². The van der Waals surface area contributed by atoms with Gasteiger partial charge in [-0.05, 0) is 56.5 Å². The predicted molar refractivity (Wildman–Crippen MR) is 142 cm³/mol. The number of amides is 2. The van der Waals surface area contributed by atoms with E-state index < -0.39 is 75.1 Å². The zero-order chi connectivity index (χ0) is 32.2. The maximum Gasteiger partial charge on any atom is 0.433 e. The summed E-state index contributed by atoms with van der Waals surface area (Å²) >= 11 is 0. The normalized spacial score (nSPS) is 19.4. The maximum atomic E-state index is 14.9. The number of carbonyl (C=O) groups is 2. The molecule has 0 saturated carbocycles. The van der Waals surface area contributed by atoms with Crippen molar-refractivity contribution < 1.29 is 45.4 Å². The van der Waals surface area contributed by atoms with Crippen molar-refractivity contribution in [3.05, 3.63) is 88.3 Å². The fourth-order valence-electron chi connectivity index (χ4n) is 5.43. The number of carbonyl (C=O) groups excluding carboxylic acids is 2. The van der Waals surface area contributed by atoms with Gasteiger partial charge in [0.2, 0.25) is 0 Å². The Labute approximate surface area is 245 Å². The van der Waals surface area contributed by atoms with Gasteiger partial charge in [0, 0.05) is 17.7 Å². The van der Waals surface area contributed by atoms with E-state index in [1.54, 1.807) is 26.0 Å². The molecule has 5 rings (SSSR count). The number of aromatic nitrogens is 2. The first-order valence-corrected chi connectivity index (χ1v) is 13.2. The monoisotopic (exact) mass is 623 g/mol. The Morgan fingerprint density at radius 2 is 1.80 bits per heavy atom. The third-order valence-electron chi connectivity index (χ3n) is 7.74. The summed E-state index contributed by atoms with van der Waals surface area (Å²) in [5.41, 5.74) is -5.77. The Morgan fingerprint density at radius 1 is 1.07 bits per heavy atom. The van der Waals surface area contributed by atoms with Crippen LogP contribution in [0.15, 0.2) is 60.1 Å². The van der Waals surface area contributed by atoms with Gasteiger partial charge in [-0.15, -0.1) is 0 Å². The third-order valence-corrected chi connectivity index (χ3v) is 7.74. The Kier molecular flexibility index (Phi) is 7.64. The van der Waals surface area contributed by atoms with Crippen LogP contribution < -0.4 is 5.32 Å². The van der Waals surface area contributed by atoms with Crippen molar-refractivity contribution in [3.63, 3.8) is 0 Å².